The van der Waals surface area contributed by atoms with E-state index < -0.39 is 0 Å². The van der Waals surface area contributed by atoms with Crippen molar-refractivity contribution in [2.45, 2.75) is 14.9 Å². The van der Waals surface area contributed by atoms with Gasteiger partial charge in [0.15, 0.2) is 0 Å². The van der Waals surface area contributed by atoms with E-state index in [1.54, 1.807) is 0 Å². The van der Waals surface area contributed by atoms with Crippen molar-refractivity contribution < 1.29 is 58.3 Å². The molecule has 0 fully saturated rings. The molecule has 0 aromatic rings. The smallest absolute Gasteiger partial charge is 0.373 e. The Bertz CT molecular complexity index is 43.3. The van der Waals surface area contributed by atoms with Gasteiger partial charge < -0.3 is 35.6 Å². The summed E-state index contributed by atoms with van der Waals surface area (Å²) < 4.78 is 0. The van der Waals surface area contributed by atoms with Crippen molar-refractivity contribution in [1.29, 1.82) is 0 Å². The van der Waals surface area contributed by atoms with Crippen LogP contribution in [0.1, 0.15) is 14.9 Å². The van der Waals surface area contributed by atoms with Gasteiger partial charge in [0.05, 0.1) is 0 Å². The Morgan fingerprint density at radius 3 is 0.667 bits per heavy atom. The van der Waals surface area contributed by atoms with Gasteiger partial charge in [-0.3, -0.25) is 0 Å². The van der Waals surface area contributed by atoms with Crippen molar-refractivity contribution >= 4 is 6.15 Å². The summed E-state index contributed by atoms with van der Waals surface area (Å²) in [6.07, 6.45) is 0.250. The second kappa shape index (κ2) is 629. The van der Waals surface area contributed by atoms with Gasteiger partial charge in [-0.2, -0.15) is 9.59 Å². The average molecular weight is 220 g/mol. The Labute approximate surface area is 103 Å². The molecule has 0 saturated heterocycles. The number of rotatable bonds is 0. The van der Waals surface area contributed by atoms with Crippen molar-refractivity contribution in [2.75, 3.05) is 0 Å². The normalized spacial score (nSPS) is 0.667. The van der Waals surface area contributed by atoms with E-state index in [-0.39, 0.29) is 94.3 Å². The summed E-state index contributed by atoms with van der Waals surface area (Å²) in [7, 11) is 0. The van der Waals surface area contributed by atoms with E-state index in [0.717, 1.165) is 0 Å². The minimum Gasteiger partial charge on any atom is -0.412 e. The molecule has 12 heavy (non-hydrogen) atoms. The van der Waals surface area contributed by atoms with E-state index in [1.807, 2.05) is 0 Å². The molecular weight excluding hydrogens is 196 g/mol. The van der Waals surface area contributed by atoms with Crippen LogP contribution in [0.15, 0.2) is 0 Å². The Morgan fingerprint density at radius 2 is 0.667 bits per heavy atom. The zero-order chi connectivity index (χ0) is 2.71. The molecule has 0 bridgehead atoms. The van der Waals surface area contributed by atoms with Gasteiger partial charge in [-0.15, -0.1) is 0 Å². The topological polar surface area (TPSA) is 237 Å². The Kier molecular flexibility index (Phi) is 14700. The maximum absolute atomic E-state index is 8.12. The molecule has 0 radical (unpaired) electrons. The van der Waals surface area contributed by atoms with E-state index in [4.69, 9.17) is 9.59 Å². The van der Waals surface area contributed by atoms with Crippen molar-refractivity contribution in [1.82, 2.24) is 24.6 Å². The van der Waals surface area contributed by atoms with E-state index in [0.29, 0.717) is 0 Å². The summed E-state index contributed by atoms with van der Waals surface area (Å²) in [5, 5.41) is 0. The number of hydrogen-bond acceptors (Lipinski definition) is 6. The summed E-state index contributed by atoms with van der Waals surface area (Å²) in [6, 6.07) is 0. The molecule has 0 spiro atoms. The fourth-order valence-electron chi connectivity index (χ4n) is 0. The van der Waals surface area contributed by atoms with Crippen LogP contribution in [0.4, 0.5) is 0 Å². The standard InChI is InChI=1S/CO2.2CH4.Ar.4H3N.2H2O/c2-1-3;;;;;;;;;/h;2*1H4;;4*1H3;2*1H2. The van der Waals surface area contributed by atoms with Crippen LogP contribution in [0.2, 0.25) is 0 Å². The van der Waals surface area contributed by atoms with Crippen LogP contribution in [0.3, 0.4) is 0 Å². The molecule has 0 aliphatic rings. The molecule has 0 amide bonds. The van der Waals surface area contributed by atoms with E-state index in [2.05, 4.69) is 0 Å². The maximum Gasteiger partial charge on any atom is 0.373 e. The number of carbonyl (C=O) groups excluding carboxylic acids is 2. The molecule has 88 valence electrons. The minimum absolute atomic E-state index is 0. The first-order valence-electron chi connectivity index (χ1n) is 0.408. The van der Waals surface area contributed by atoms with Crippen molar-refractivity contribution in [2.24, 2.45) is 0 Å². The third-order valence-electron chi connectivity index (χ3n) is 0. The molecule has 0 aliphatic heterocycles. The molecule has 0 aromatic carbocycles. The Balaban J connectivity index is -0.000000000556. The summed E-state index contributed by atoms with van der Waals surface area (Å²) in [4.78, 5) is 16.2. The zero-order valence-electron chi connectivity index (χ0n) is 5.50. The van der Waals surface area contributed by atoms with Crippen LogP contribution in [0.25, 0.3) is 0 Å². The molecule has 0 atom stereocenters. The van der Waals surface area contributed by atoms with Gasteiger partial charge >= 0.3 is 6.15 Å². The predicted molar refractivity (Wildman–Crippen MR) is 45.8 cm³/mol. The van der Waals surface area contributed by atoms with Crippen LogP contribution in [0, 0.1) is 37.7 Å². The fraction of sp³-hybridized carbons (Fsp3) is 0.667. The molecular formula is C3H24ArN4O4. The molecule has 0 heterocycles. The largest absolute Gasteiger partial charge is 0.412 e. The minimum atomic E-state index is 0. The molecule has 0 aliphatic carbocycles. The van der Waals surface area contributed by atoms with Gasteiger partial charge in [-0.05, 0) is 0 Å². The van der Waals surface area contributed by atoms with Gasteiger partial charge in [0.2, 0.25) is 0 Å². The first kappa shape index (κ1) is 280. The summed E-state index contributed by atoms with van der Waals surface area (Å²) in [5.74, 6) is 0. The van der Waals surface area contributed by atoms with Crippen LogP contribution in [-0.4, -0.2) is 17.1 Å². The number of hydrogen-bond donors (Lipinski definition) is 4. The summed E-state index contributed by atoms with van der Waals surface area (Å²) >= 11 is 0. The second-order valence-electron chi connectivity index (χ2n) is 0.0833. The Morgan fingerprint density at radius 1 is 0.667 bits per heavy atom. The molecule has 0 saturated carbocycles. The SMILES string of the molecule is C.C.N.N.N.N.O.O.O=C=O.[Ar]. The monoisotopic (exact) mass is 220 g/mol. The van der Waals surface area contributed by atoms with Crippen molar-refractivity contribution in [3.8, 4) is 0 Å². The van der Waals surface area contributed by atoms with Gasteiger partial charge in [-0.25, -0.2) is 0 Å². The molecule has 0 unspecified atom stereocenters. The molecule has 8 nitrogen and oxygen atoms in total. The van der Waals surface area contributed by atoms with Crippen molar-refractivity contribution in [3.05, 3.63) is 0 Å². The zero-order valence-corrected chi connectivity index (χ0v) is 6.21. The van der Waals surface area contributed by atoms with Crippen LogP contribution in [0.5, 0.6) is 0 Å². The maximum atomic E-state index is 8.12. The Hall–Kier alpha value is 0.400. The predicted octanol–water partition coefficient (Wildman–Crippen LogP) is -0.313. The molecule has 16 N–H and O–H groups in total. The van der Waals surface area contributed by atoms with Gasteiger partial charge in [0, 0.05) is 37.7 Å². The third kappa shape index (κ3) is 5750. The third-order valence-corrected chi connectivity index (χ3v) is 0. The first-order valence-corrected chi connectivity index (χ1v) is 0.408. The van der Waals surface area contributed by atoms with E-state index in [9.17, 15) is 0 Å². The molecule has 0 rings (SSSR count). The average Bonchev–Trinajstić information content (AvgIpc) is 0.918. The van der Waals surface area contributed by atoms with Crippen molar-refractivity contribution in [3.63, 3.8) is 0 Å². The van der Waals surface area contributed by atoms with Gasteiger partial charge in [0.1, 0.15) is 0 Å². The fourth-order valence-corrected chi connectivity index (χ4v) is 0. The summed E-state index contributed by atoms with van der Waals surface area (Å²) in [6.45, 7) is 0. The van der Waals surface area contributed by atoms with Crippen LogP contribution in [-0.2, 0) is 9.59 Å². The van der Waals surface area contributed by atoms with Crippen LogP contribution < -0.4 is 24.6 Å². The van der Waals surface area contributed by atoms with Gasteiger partial charge in [0.25, 0.3) is 0 Å². The quantitative estimate of drug-likeness (QED) is 0.426. The molecule has 0 aromatic heterocycles. The van der Waals surface area contributed by atoms with Gasteiger partial charge in [-0.1, -0.05) is 14.9 Å². The second-order valence-corrected chi connectivity index (χ2v) is 0.0833. The van der Waals surface area contributed by atoms with Crippen LogP contribution >= 0.6 is 0 Å². The van der Waals surface area contributed by atoms with E-state index in [1.165, 1.54) is 0 Å². The first-order chi connectivity index (χ1) is 1.41. The van der Waals surface area contributed by atoms with E-state index >= 15 is 0 Å². The molecule has 9 heteroatoms. The summed E-state index contributed by atoms with van der Waals surface area (Å²) in [5.41, 5.74) is 0.